The lowest BCUT2D eigenvalue weighted by Crippen LogP contribution is -2.25. The van der Waals surface area contributed by atoms with Crippen molar-refractivity contribution in [3.05, 3.63) is 35.7 Å². The Morgan fingerprint density at radius 3 is 2.79 bits per heavy atom. The monoisotopic (exact) mass is 352 g/mol. The van der Waals surface area contributed by atoms with Crippen LogP contribution in [-0.4, -0.2) is 41.3 Å². The first kappa shape index (κ1) is 18.7. The van der Waals surface area contributed by atoms with E-state index in [2.05, 4.69) is 9.57 Å². The molecular formula is C17H24N2O4S. The van der Waals surface area contributed by atoms with Gasteiger partial charge in [-0.25, -0.2) is 19.7 Å². The molecule has 0 aliphatic heterocycles. The molecule has 1 aliphatic carbocycles. The topological polar surface area (TPSA) is 69.0 Å². The van der Waals surface area contributed by atoms with E-state index in [0.717, 1.165) is 0 Å². The van der Waals surface area contributed by atoms with Crippen molar-refractivity contribution in [3.63, 3.8) is 0 Å². The number of rotatable bonds is 12. The number of benzene rings is 1. The Balaban J connectivity index is 1.71. The van der Waals surface area contributed by atoms with Gasteiger partial charge in [-0.1, -0.05) is 6.07 Å². The van der Waals surface area contributed by atoms with E-state index < -0.39 is 10.0 Å². The minimum absolute atomic E-state index is 0.216. The first-order chi connectivity index (χ1) is 11.6. The van der Waals surface area contributed by atoms with Gasteiger partial charge in [0.25, 0.3) is 0 Å². The summed E-state index contributed by atoms with van der Waals surface area (Å²) in [7, 11) is -3.53. The number of nitrogens with one attached hydrogen (secondary N) is 1. The van der Waals surface area contributed by atoms with Gasteiger partial charge < -0.3 is 14.3 Å². The Morgan fingerprint density at radius 2 is 2.04 bits per heavy atom. The van der Waals surface area contributed by atoms with Crippen LogP contribution < -0.4 is 9.46 Å². The molecule has 1 aromatic rings. The van der Waals surface area contributed by atoms with Crippen LogP contribution in [0.1, 0.15) is 25.7 Å². The minimum Gasteiger partial charge on any atom is -0.493 e. The van der Waals surface area contributed by atoms with E-state index in [4.69, 9.17) is 16.0 Å². The van der Waals surface area contributed by atoms with Gasteiger partial charge in [0.2, 0.25) is 16.6 Å². The van der Waals surface area contributed by atoms with E-state index in [0.29, 0.717) is 57.4 Å². The average Bonchev–Trinajstić information content (AvgIpc) is 3.40. The van der Waals surface area contributed by atoms with Crippen LogP contribution in [0.4, 0.5) is 0 Å². The van der Waals surface area contributed by atoms with Crippen LogP contribution in [0.3, 0.4) is 0 Å². The Labute approximate surface area is 144 Å². The maximum absolute atomic E-state index is 12.3. The SMILES string of the molecule is [C-]#[N+]CCCOCCCNS(=O)(=O)c1cccc(OCC2CC2)c1. The lowest BCUT2D eigenvalue weighted by molar-refractivity contribution is 0.133. The van der Waals surface area contributed by atoms with Crippen molar-refractivity contribution >= 4 is 10.0 Å². The quantitative estimate of drug-likeness (QED) is 0.463. The van der Waals surface area contributed by atoms with E-state index in [1.807, 2.05) is 0 Å². The molecular weight excluding hydrogens is 328 g/mol. The third-order valence-corrected chi connectivity index (χ3v) is 5.07. The molecule has 0 saturated heterocycles. The Bertz CT molecular complexity index is 651. The molecule has 2 rings (SSSR count). The maximum atomic E-state index is 12.3. The second-order valence-corrected chi connectivity index (χ2v) is 7.60. The summed E-state index contributed by atoms with van der Waals surface area (Å²) in [5.74, 6) is 1.21. The summed E-state index contributed by atoms with van der Waals surface area (Å²) in [5.41, 5.74) is 0. The Kier molecular flexibility index (Phi) is 7.50. The normalized spacial score (nSPS) is 14.3. The van der Waals surface area contributed by atoms with Gasteiger partial charge in [0, 0.05) is 25.6 Å². The number of nitrogens with zero attached hydrogens (tertiary/aromatic N) is 1. The molecule has 0 heterocycles. The molecule has 6 nitrogen and oxygen atoms in total. The molecule has 1 aliphatic rings. The zero-order chi connectivity index (χ0) is 17.3. The fourth-order valence-corrected chi connectivity index (χ4v) is 3.15. The third-order valence-electron chi connectivity index (χ3n) is 3.61. The van der Waals surface area contributed by atoms with Crippen molar-refractivity contribution in [3.8, 4) is 5.75 Å². The fraction of sp³-hybridized carbons (Fsp3) is 0.588. The highest BCUT2D eigenvalue weighted by molar-refractivity contribution is 7.89. The molecule has 1 fully saturated rings. The predicted octanol–water partition coefficient (Wildman–Crippen LogP) is 2.47. The standard InChI is InChI=1S/C17H24N2O4S/c1-18-9-3-11-22-12-4-10-19-24(20,21)17-6-2-5-16(13-17)23-14-15-7-8-15/h2,5-6,13,15,19H,3-4,7-12,14H2. The van der Waals surface area contributed by atoms with Crippen LogP contribution in [0.15, 0.2) is 29.2 Å². The molecule has 0 spiro atoms. The predicted molar refractivity (Wildman–Crippen MR) is 91.4 cm³/mol. The highest BCUT2D eigenvalue weighted by Crippen LogP contribution is 2.29. The van der Waals surface area contributed by atoms with E-state index in [1.165, 1.54) is 12.8 Å². The lowest BCUT2D eigenvalue weighted by Gasteiger charge is -2.09. The van der Waals surface area contributed by atoms with E-state index in [-0.39, 0.29) is 4.90 Å². The minimum atomic E-state index is -3.53. The first-order valence-electron chi connectivity index (χ1n) is 8.25. The lowest BCUT2D eigenvalue weighted by atomic mass is 10.3. The number of hydrogen-bond acceptors (Lipinski definition) is 4. The van der Waals surface area contributed by atoms with Crippen LogP contribution >= 0.6 is 0 Å². The molecule has 0 bridgehead atoms. The van der Waals surface area contributed by atoms with Gasteiger partial charge in [-0.05, 0) is 37.3 Å². The van der Waals surface area contributed by atoms with Gasteiger partial charge in [0.1, 0.15) is 5.75 Å². The average molecular weight is 352 g/mol. The van der Waals surface area contributed by atoms with Gasteiger partial charge in [0.05, 0.1) is 18.1 Å². The van der Waals surface area contributed by atoms with Crippen LogP contribution in [0.5, 0.6) is 5.75 Å². The van der Waals surface area contributed by atoms with Crippen LogP contribution in [-0.2, 0) is 14.8 Å². The van der Waals surface area contributed by atoms with Gasteiger partial charge in [-0.3, -0.25) is 0 Å². The molecule has 24 heavy (non-hydrogen) atoms. The largest absolute Gasteiger partial charge is 0.493 e. The summed E-state index contributed by atoms with van der Waals surface area (Å²) in [5, 5.41) is 0. The molecule has 1 saturated carbocycles. The molecule has 0 unspecified atom stereocenters. The Morgan fingerprint density at radius 1 is 1.25 bits per heavy atom. The van der Waals surface area contributed by atoms with Crippen LogP contribution in [0.2, 0.25) is 0 Å². The molecule has 7 heteroatoms. The summed E-state index contributed by atoms with van der Waals surface area (Å²) in [6.07, 6.45) is 3.69. The van der Waals surface area contributed by atoms with Crippen molar-refractivity contribution in [1.29, 1.82) is 0 Å². The first-order valence-corrected chi connectivity index (χ1v) is 9.73. The van der Waals surface area contributed by atoms with Gasteiger partial charge >= 0.3 is 0 Å². The summed E-state index contributed by atoms with van der Waals surface area (Å²) in [6, 6.07) is 6.59. The Hall–Kier alpha value is -1.62. The zero-order valence-electron chi connectivity index (χ0n) is 13.7. The van der Waals surface area contributed by atoms with E-state index in [9.17, 15) is 8.42 Å². The highest BCUT2D eigenvalue weighted by Gasteiger charge is 2.22. The summed E-state index contributed by atoms with van der Waals surface area (Å²) < 4.78 is 38.1. The number of hydrogen-bond donors (Lipinski definition) is 1. The van der Waals surface area contributed by atoms with Gasteiger partial charge in [-0.15, -0.1) is 0 Å². The van der Waals surface area contributed by atoms with Crippen molar-refractivity contribution in [1.82, 2.24) is 4.72 Å². The molecule has 0 radical (unpaired) electrons. The summed E-state index contributed by atoms with van der Waals surface area (Å²) in [6.45, 7) is 9.10. The summed E-state index contributed by atoms with van der Waals surface area (Å²) in [4.78, 5) is 3.45. The van der Waals surface area contributed by atoms with Crippen LogP contribution in [0, 0.1) is 12.5 Å². The van der Waals surface area contributed by atoms with Crippen molar-refractivity contribution in [2.75, 3.05) is 32.9 Å². The fourth-order valence-electron chi connectivity index (χ4n) is 2.04. The van der Waals surface area contributed by atoms with Crippen molar-refractivity contribution in [2.24, 2.45) is 5.92 Å². The molecule has 1 aromatic carbocycles. The van der Waals surface area contributed by atoms with Gasteiger partial charge in [-0.2, -0.15) is 0 Å². The number of ether oxygens (including phenoxy) is 2. The van der Waals surface area contributed by atoms with Crippen molar-refractivity contribution < 1.29 is 17.9 Å². The molecule has 1 N–H and O–H groups in total. The van der Waals surface area contributed by atoms with Crippen molar-refractivity contribution in [2.45, 2.75) is 30.6 Å². The molecule has 132 valence electrons. The van der Waals surface area contributed by atoms with Gasteiger partial charge in [0.15, 0.2) is 0 Å². The highest BCUT2D eigenvalue weighted by atomic mass is 32.2. The van der Waals surface area contributed by atoms with E-state index in [1.54, 1.807) is 24.3 Å². The smallest absolute Gasteiger partial charge is 0.240 e. The maximum Gasteiger partial charge on any atom is 0.240 e. The summed E-state index contributed by atoms with van der Waals surface area (Å²) >= 11 is 0. The van der Waals surface area contributed by atoms with Crippen LogP contribution in [0.25, 0.3) is 4.85 Å². The molecule has 0 amide bonds. The second kappa shape index (κ2) is 9.62. The zero-order valence-corrected chi connectivity index (χ0v) is 14.6. The number of sulfonamides is 1. The third kappa shape index (κ3) is 6.87. The molecule has 0 atom stereocenters. The van der Waals surface area contributed by atoms with E-state index >= 15 is 0 Å². The molecule has 0 aromatic heterocycles. The second-order valence-electron chi connectivity index (χ2n) is 5.83.